The van der Waals surface area contributed by atoms with Gasteiger partial charge in [0.2, 0.25) is 5.91 Å². The third-order valence-corrected chi connectivity index (χ3v) is 3.31. The number of rotatable bonds is 3. The molecule has 3 heteroatoms. The van der Waals surface area contributed by atoms with Crippen LogP contribution in [-0.2, 0) is 24.2 Å². The molecule has 0 bridgehead atoms. The molecule has 1 heterocycles. The summed E-state index contributed by atoms with van der Waals surface area (Å²) in [5.74, 6) is 0.131. The lowest BCUT2D eigenvalue weighted by molar-refractivity contribution is -0.122. The zero-order valence-corrected chi connectivity index (χ0v) is 12.2. The minimum atomic E-state index is -0.140. The van der Waals surface area contributed by atoms with Gasteiger partial charge in [0.25, 0.3) is 0 Å². The first-order chi connectivity index (χ1) is 8.94. The van der Waals surface area contributed by atoms with Gasteiger partial charge < -0.3 is 10.6 Å². The standard InChI is InChI=1S/C16H24N2O/c1-16(2,3)18-15(19)7-5-12-4-6-14-11-17-9-8-13(14)10-12/h4,6,10,17H,5,7-9,11H2,1-3H3,(H,18,19). The van der Waals surface area contributed by atoms with Crippen LogP contribution in [0.25, 0.3) is 0 Å². The van der Waals surface area contributed by atoms with E-state index < -0.39 is 0 Å². The fourth-order valence-electron chi connectivity index (χ4n) is 2.42. The minimum Gasteiger partial charge on any atom is -0.351 e. The number of carbonyl (C=O) groups excluding carboxylic acids is 1. The molecule has 1 aliphatic rings. The molecule has 0 unspecified atom stereocenters. The molecule has 0 saturated carbocycles. The van der Waals surface area contributed by atoms with Crippen LogP contribution in [0.15, 0.2) is 18.2 Å². The van der Waals surface area contributed by atoms with Gasteiger partial charge >= 0.3 is 0 Å². The topological polar surface area (TPSA) is 41.1 Å². The molecule has 19 heavy (non-hydrogen) atoms. The number of nitrogens with one attached hydrogen (secondary N) is 2. The monoisotopic (exact) mass is 260 g/mol. The zero-order chi connectivity index (χ0) is 13.9. The largest absolute Gasteiger partial charge is 0.351 e. The van der Waals surface area contributed by atoms with E-state index >= 15 is 0 Å². The number of aryl methyl sites for hydroxylation is 1. The first-order valence-corrected chi connectivity index (χ1v) is 7.06. The van der Waals surface area contributed by atoms with Crippen molar-refractivity contribution in [3.8, 4) is 0 Å². The molecule has 1 aromatic carbocycles. The van der Waals surface area contributed by atoms with Gasteiger partial charge in [-0.25, -0.2) is 0 Å². The van der Waals surface area contributed by atoms with Crippen molar-refractivity contribution >= 4 is 5.91 Å². The number of hydrogen-bond donors (Lipinski definition) is 2. The second-order valence-corrected chi connectivity index (χ2v) is 6.33. The van der Waals surface area contributed by atoms with Crippen molar-refractivity contribution in [2.24, 2.45) is 0 Å². The fourth-order valence-corrected chi connectivity index (χ4v) is 2.42. The number of carbonyl (C=O) groups is 1. The Labute approximate surface area is 115 Å². The van der Waals surface area contributed by atoms with Gasteiger partial charge in [0.05, 0.1) is 0 Å². The van der Waals surface area contributed by atoms with Crippen LogP contribution < -0.4 is 10.6 Å². The fraction of sp³-hybridized carbons (Fsp3) is 0.562. The maximum atomic E-state index is 11.8. The summed E-state index contributed by atoms with van der Waals surface area (Å²) in [6.07, 6.45) is 2.48. The Kier molecular flexibility index (Phi) is 4.25. The Bertz CT molecular complexity index is 460. The second kappa shape index (κ2) is 5.74. The van der Waals surface area contributed by atoms with E-state index in [-0.39, 0.29) is 11.4 Å². The molecule has 0 spiro atoms. The third kappa shape index (κ3) is 4.35. The highest BCUT2D eigenvalue weighted by molar-refractivity contribution is 5.76. The smallest absolute Gasteiger partial charge is 0.220 e. The number of hydrogen-bond acceptors (Lipinski definition) is 2. The van der Waals surface area contributed by atoms with E-state index in [1.807, 2.05) is 20.8 Å². The molecule has 0 saturated heterocycles. The molecule has 0 atom stereocenters. The predicted octanol–water partition coefficient (Wildman–Crippen LogP) is 2.18. The van der Waals surface area contributed by atoms with E-state index in [1.54, 1.807) is 0 Å². The Morgan fingerprint density at radius 3 is 2.84 bits per heavy atom. The van der Waals surface area contributed by atoms with Crippen LogP contribution >= 0.6 is 0 Å². The van der Waals surface area contributed by atoms with Gasteiger partial charge in [-0.1, -0.05) is 18.2 Å². The Morgan fingerprint density at radius 2 is 2.11 bits per heavy atom. The molecule has 2 N–H and O–H groups in total. The zero-order valence-electron chi connectivity index (χ0n) is 12.2. The minimum absolute atomic E-state index is 0.131. The molecule has 104 valence electrons. The van der Waals surface area contributed by atoms with Crippen LogP contribution in [0, 0.1) is 0 Å². The van der Waals surface area contributed by atoms with E-state index in [9.17, 15) is 4.79 Å². The molecule has 1 aromatic rings. The second-order valence-electron chi connectivity index (χ2n) is 6.33. The lowest BCUT2D eigenvalue weighted by Gasteiger charge is -2.21. The molecule has 0 aromatic heterocycles. The normalized spacial score (nSPS) is 14.9. The molecule has 0 aliphatic carbocycles. The third-order valence-electron chi connectivity index (χ3n) is 3.31. The van der Waals surface area contributed by atoms with E-state index in [1.165, 1.54) is 16.7 Å². The average Bonchev–Trinajstić information content (AvgIpc) is 2.34. The summed E-state index contributed by atoms with van der Waals surface area (Å²) < 4.78 is 0. The Hall–Kier alpha value is -1.35. The van der Waals surface area contributed by atoms with Gasteiger partial charge in [-0.05, 0) is 56.8 Å². The van der Waals surface area contributed by atoms with Crippen LogP contribution in [0.2, 0.25) is 0 Å². The van der Waals surface area contributed by atoms with E-state index in [2.05, 4.69) is 28.8 Å². The van der Waals surface area contributed by atoms with Gasteiger partial charge in [0.15, 0.2) is 0 Å². The maximum Gasteiger partial charge on any atom is 0.220 e. The van der Waals surface area contributed by atoms with Crippen LogP contribution in [-0.4, -0.2) is 18.0 Å². The number of benzene rings is 1. The van der Waals surface area contributed by atoms with Crippen molar-refractivity contribution in [1.29, 1.82) is 0 Å². The van der Waals surface area contributed by atoms with E-state index in [0.717, 1.165) is 25.9 Å². The van der Waals surface area contributed by atoms with Crippen molar-refractivity contribution < 1.29 is 4.79 Å². The molecular formula is C16H24N2O. The summed E-state index contributed by atoms with van der Waals surface area (Å²) in [4.78, 5) is 11.8. The number of fused-ring (bicyclic) bond motifs is 1. The molecule has 3 nitrogen and oxygen atoms in total. The van der Waals surface area contributed by atoms with Crippen LogP contribution in [0.5, 0.6) is 0 Å². The molecule has 0 fully saturated rings. The Morgan fingerprint density at radius 1 is 1.32 bits per heavy atom. The highest BCUT2D eigenvalue weighted by Crippen LogP contribution is 2.17. The summed E-state index contributed by atoms with van der Waals surface area (Å²) in [5, 5.41) is 6.38. The van der Waals surface area contributed by atoms with Gasteiger partial charge in [0.1, 0.15) is 0 Å². The number of amides is 1. The van der Waals surface area contributed by atoms with Crippen molar-refractivity contribution in [3.63, 3.8) is 0 Å². The van der Waals surface area contributed by atoms with Crippen molar-refractivity contribution in [2.45, 2.75) is 52.1 Å². The molecule has 1 amide bonds. The average molecular weight is 260 g/mol. The highest BCUT2D eigenvalue weighted by atomic mass is 16.1. The van der Waals surface area contributed by atoms with Crippen LogP contribution in [0.3, 0.4) is 0 Å². The van der Waals surface area contributed by atoms with E-state index in [4.69, 9.17) is 0 Å². The molecule has 1 aliphatic heterocycles. The predicted molar refractivity (Wildman–Crippen MR) is 78.1 cm³/mol. The van der Waals surface area contributed by atoms with Gasteiger partial charge in [-0.2, -0.15) is 0 Å². The van der Waals surface area contributed by atoms with Gasteiger partial charge in [0, 0.05) is 18.5 Å². The highest BCUT2D eigenvalue weighted by Gasteiger charge is 2.14. The van der Waals surface area contributed by atoms with Gasteiger partial charge in [-0.15, -0.1) is 0 Å². The van der Waals surface area contributed by atoms with Crippen molar-refractivity contribution in [2.75, 3.05) is 6.54 Å². The van der Waals surface area contributed by atoms with Crippen molar-refractivity contribution in [1.82, 2.24) is 10.6 Å². The molecule has 0 radical (unpaired) electrons. The van der Waals surface area contributed by atoms with Crippen LogP contribution in [0.4, 0.5) is 0 Å². The first-order valence-electron chi connectivity index (χ1n) is 7.06. The van der Waals surface area contributed by atoms with Crippen molar-refractivity contribution in [3.05, 3.63) is 34.9 Å². The summed E-state index contributed by atoms with van der Waals surface area (Å²) in [7, 11) is 0. The summed E-state index contributed by atoms with van der Waals surface area (Å²) in [5.41, 5.74) is 3.96. The summed E-state index contributed by atoms with van der Waals surface area (Å²) in [6, 6.07) is 6.61. The first kappa shape index (κ1) is 14.1. The quantitative estimate of drug-likeness (QED) is 0.874. The molecule has 2 rings (SSSR count). The molecular weight excluding hydrogens is 236 g/mol. The lowest BCUT2D eigenvalue weighted by atomic mass is 9.96. The SMILES string of the molecule is CC(C)(C)NC(=O)CCc1ccc2c(c1)CCNC2. The summed E-state index contributed by atoms with van der Waals surface area (Å²) >= 11 is 0. The lowest BCUT2D eigenvalue weighted by Crippen LogP contribution is -2.40. The summed E-state index contributed by atoms with van der Waals surface area (Å²) in [6.45, 7) is 8.06. The Balaban J connectivity index is 1.91. The maximum absolute atomic E-state index is 11.8. The van der Waals surface area contributed by atoms with E-state index in [0.29, 0.717) is 6.42 Å². The van der Waals surface area contributed by atoms with Crippen LogP contribution in [0.1, 0.15) is 43.9 Å². The van der Waals surface area contributed by atoms with Gasteiger partial charge in [-0.3, -0.25) is 4.79 Å².